The maximum atomic E-state index is 12.0. The zero-order chi connectivity index (χ0) is 14.7. The van der Waals surface area contributed by atoms with Gasteiger partial charge in [0.15, 0.2) is 0 Å². The molecule has 0 saturated heterocycles. The van der Waals surface area contributed by atoms with Crippen LogP contribution in [0, 0.1) is 0 Å². The van der Waals surface area contributed by atoms with Gasteiger partial charge in [0, 0.05) is 15.7 Å². The molecule has 0 aliphatic rings. The highest BCUT2D eigenvalue weighted by molar-refractivity contribution is 9.10. The van der Waals surface area contributed by atoms with Crippen LogP contribution in [0.15, 0.2) is 46.9 Å². The van der Waals surface area contributed by atoms with Gasteiger partial charge in [-0.2, -0.15) is 0 Å². The van der Waals surface area contributed by atoms with Crippen molar-refractivity contribution in [2.75, 3.05) is 5.32 Å². The summed E-state index contributed by atoms with van der Waals surface area (Å²) in [6, 6.07) is 10.8. The van der Waals surface area contributed by atoms with Crippen LogP contribution < -0.4 is 5.32 Å². The Balaban J connectivity index is 2.21. The number of rotatable bonds is 3. The molecule has 0 radical (unpaired) electrons. The van der Waals surface area contributed by atoms with Gasteiger partial charge < -0.3 is 10.4 Å². The SMILES string of the molecule is O=C(O)c1cccc(C(=O)Nc2ccc(Cl)c(Br)c2)c1. The van der Waals surface area contributed by atoms with Crippen molar-refractivity contribution in [1.82, 2.24) is 0 Å². The molecule has 102 valence electrons. The molecular weight excluding hydrogens is 346 g/mol. The second-order valence-electron chi connectivity index (χ2n) is 3.97. The minimum atomic E-state index is -1.08. The van der Waals surface area contributed by atoms with Gasteiger partial charge in [0.1, 0.15) is 0 Å². The molecule has 6 heteroatoms. The molecule has 2 aromatic carbocycles. The Hall–Kier alpha value is -1.85. The van der Waals surface area contributed by atoms with E-state index in [9.17, 15) is 9.59 Å². The number of carboxylic acid groups (broad SMARTS) is 1. The fourth-order valence-corrected chi connectivity index (χ4v) is 2.07. The van der Waals surface area contributed by atoms with E-state index in [0.29, 0.717) is 15.2 Å². The number of aromatic carboxylic acids is 1. The topological polar surface area (TPSA) is 66.4 Å². The van der Waals surface area contributed by atoms with Crippen LogP contribution in [0.4, 0.5) is 5.69 Å². The predicted octanol–water partition coefficient (Wildman–Crippen LogP) is 4.05. The van der Waals surface area contributed by atoms with E-state index in [1.807, 2.05) is 0 Å². The molecular formula is C14H9BrClNO3. The molecule has 0 aliphatic heterocycles. The van der Waals surface area contributed by atoms with Crippen molar-refractivity contribution in [2.24, 2.45) is 0 Å². The number of benzene rings is 2. The lowest BCUT2D eigenvalue weighted by atomic mass is 10.1. The minimum absolute atomic E-state index is 0.0648. The van der Waals surface area contributed by atoms with Crippen molar-refractivity contribution < 1.29 is 14.7 Å². The summed E-state index contributed by atoms with van der Waals surface area (Å²) in [5, 5.41) is 12.1. The van der Waals surface area contributed by atoms with E-state index in [1.165, 1.54) is 18.2 Å². The quantitative estimate of drug-likeness (QED) is 0.874. The van der Waals surface area contributed by atoms with Gasteiger partial charge in [0.2, 0.25) is 0 Å². The van der Waals surface area contributed by atoms with Crippen LogP contribution in [0.5, 0.6) is 0 Å². The summed E-state index contributed by atoms with van der Waals surface area (Å²) in [7, 11) is 0. The first-order chi connectivity index (χ1) is 9.47. The van der Waals surface area contributed by atoms with Crippen molar-refractivity contribution in [2.45, 2.75) is 0 Å². The van der Waals surface area contributed by atoms with E-state index in [4.69, 9.17) is 16.7 Å². The average molecular weight is 355 g/mol. The number of amides is 1. The molecule has 0 fully saturated rings. The Kier molecular flexibility index (Phi) is 4.42. The van der Waals surface area contributed by atoms with Crippen LogP contribution in [-0.2, 0) is 0 Å². The maximum Gasteiger partial charge on any atom is 0.335 e. The third-order valence-corrected chi connectivity index (χ3v) is 3.76. The van der Waals surface area contributed by atoms with Crippen molar-refractivity contribution in [3.8, 4) is 0 Å². The Bertz CT molecular complexity index is 688. The maximum absolute atomic E-state index is 12.0. The van der Waals surface area contributed by atoms with Gasteiger partial charge in [0.25, 0.3) is 5.91 Å². The number of anilines is 1. The van der Waals surface area contributed by atoms with E-state index >= 15 is 0 Å². The van der Waals surface area contributed by atoms with Gasteiger partial charge in [-0.05, 0) is 52.3 Å². The molecule has 0 unspecified atom stereocenters. The highest BCUT2D eigenvalue weighted by Crippen LogP contribution is 2.25. The molecule has 2 aromatic rings. The number of carbonyl (C=O) groups is 2. The first-order valence-corrected chi connectivity index (χ1v) is 6.74. The lowest BCUT2D eigenvalue weighted by Gasteiger charge is -2.07. The Labute approximate surface area is 128 Å². The second kappa shape index (κ2) is 6.07. The molecule has 1 amide bonds. The largest absolute Gasteiger partial charge is 0.478 e. The fourth-order valence-electron chi connectivity index (χ4n) is 1.57. The van der Waals surface area contributed by atoms with Crippen LogP contribution >= 0.6 is 27.5 Å². The number of halogens is 2. The van der Waals surface area contributed by atoms with E-state index < -0.39 is 5.97 Å². The fraction of sp³-hybridized carbons (Fsp3) is 0. The Morgan fingerprint density at radius 3 is 2.45 bits per heavy atom. The molecule has 20 heavy (non-hydrogen) atoms. The molecule has 0 atom stereocenters. The number of carboxylic acids is 1. The average Bonchev–Trinajstić information content (AvgIpc) is 2.43. The standard InChI is InChI=1S/C14H9BrClNO3/c15-11-7-10(4-5-12(11)16)17-13(18)8-2-1-3-9(6-8)14(19)20/h1-7H,(H,17,18)(H,19,20). The van der Waals surface area contributed by atoms with Crippen molar-refractivity contribution in [3.63, 3.8) is 0 Å². The van der Waals surface area contributed by atoms with Crippen LogP contribution in [0.3, 0.4) is 0 Å². The zero-order valence-electron chi connectivity index (χ0n) is 10.1. The molecule has 0 bridgehead atoms. The Morgan fingerprint density at radius 1 is 1.10 bits per heavy atom. The highest BCUT2D eigenvalue weighted by atomic mass is 79.9. The predicted molar refractivity (Wildman–Crippen MR) is 80.5 cm³/mol. The second-order valence-corrected chi connectivity index (χ2v) is 5.23. The summed E-state index contributed by atoms with van der Waals surface area (Å²) in [5.74, 6) is -1.46. The van der Waals surface area contributed by atoms with Crippen molar-refractivity contribution in [1.29, 1.82) is 0 Å². The lowest BCUT2D eigenvalue weighted by Crippen LogP contribution is -2.12. The summed E-state index contributed by atoms with van der Waals surface area (Å²) in [4.78, 5) is 22.9. The summed E-state index contributed by atoms with van der Waals surface area (Å²) >= 11 is 9.13. The van der Waals surface area contributed by atoms with Crippen LogP contribution in [0.1, 0.15) is 20.7 Å². The molecule has 0 saturated carbocycles. The summed E-state index contributed by atoms with van der Waals surface area (Å²) in [5.41, 5.74) is 0.901. The first-order valence-electron chi connectivity index (χ1n) is 5.57. The molecule has 0 spiro atoms. The van der Waals surface area contributed by atoms with Crippen molar-refractivity contribution >= 4 is 45.1 Å². The number of hydrogen-bond acceptors (Lipinski definition) is 2. The molecule has 0 aliphatic carbocycles. The van der Waals surface area contributed by atoms with E-state index in [-0.39, 0.29) is 17.0 Å². The zero-order valence-corrected chi connectivity index (χ0v) is 12.4. The highest BCUT2D eigenvalue weighted by Gasteiger charge is 2.10. The van der Waals surface area contributed by atoms with E-state index in [0.717, 1.165) is 0 Å². The molecule has 2 N–H and O–H groups in total. The van der Waals surface area contributed by atoms with Gasteiger partial charge in [-0.25, -0.2) is 4.79 Å². The Morgan fingerprint density at radius 2 is 1.80 bits per heavy atom. The number of hydrogen-bond donors (Lipinski definition) is 2. The van der Waals surface area contributed by atoms with E-state index in [1.54, 1.807) is 24.3 Å². The minimum Gasteiger partial charge on any atom is -0.478 e. The smallest absolute Gasteiger partial charge is 0.335 e. The number of carbonyl (C=O) groups excluding carboxylic acids is 1. The van der Waals surface area contributed by atoms with Gasteiger partial charge in [-0.3, -0.25) is 4.79 Å². The van der Waals surface area contributed by atoms with Gasteiger partial charge in [0.05, 0.1) is 10.6 Å². The third-order valence-electron chi connectivity index (χ3n) is 2.55. The first kappa shape index (κ1) is 14.6. The van der Waals surface area contributed by atoms with Gasteiger partial charge >= 0.3 is 5.97 Å². The van der Waals surface area contributed by atoms with Crippen LogP contribution in [-0.4, -0.2) is 17.0 Å². The van der Waals surface area contributed by atoms with Gasteiger partial charge in [-0.1, -0.05) is 17.7 Å². The molecule has 4 nitrogen and oxygen atoms in total. The van der Waals surface area contributed by atoms with Crippen molar-refractivity contribution in [3.05, 3.63) is 63.1 Å². The van der Waals surface area contributed by atoms with Crippen LogP contribution in [0.25, 0.3) is 0 Å². The lowest BCUT2D eigenvalue weighted by molar-refractivity contribution is 0.0697. The molecule has 0 aromatic heterocycles. The summed E-state index contributed by atoms with van der Waals surface area (Å²) in [6.07, 6.45) is 0. The number of nitrogens with one attached hydrogen (secondary N) is 1. The summed E-state index contributed by atoms with van der Waals surface area (Å²) in [6.45, 7) is 0. The molecule has 0 heterocycles. The summed E-state index contributed by atoms with van der Waals surface area (Å²) < 4.78 is 0.663. The third kappa shape index (κ3) is 3.37. The van der Waals surface area contributed by atoms with Crippen LogP contribution in [0.2, 0.25) is 5.02 Å². The van der Waals surface area contributed by atoms with Gasteiger partial charge in [-0.15, -0.1) is 0 Å². The van der Waals surface area contributed by atoms with E-state index in [2.05, 4.69) is 21.2 Å². The normalized spacial score (nSPS) is 10.1. The molecule has 2 rings (SSSR count). The monoisotopic (exact) mass is 353 g/mol.